The van der Waals surface area contributed by atoms with Crippen molar-refractivity contribution in [2.24, 2.45) is 0 Å². The maximum Gasteiger partial charge on any atom is 0.320 e. The number of benzene rings is 1. The van der Waals surface area contributed by atoms with Crippen molar-refractivity contribution >= 4 is 16.1 Å². The Labute approximate surface area is 155 Å². The van der Waals surface area contributed by atoms with E-state index in [9.17, 15) is 13.2 Å². The van der Waals surface area contributed by atoms with Crippen LogP contribution in [0.5, 0.6) is 0 Å². The van der Waals surface area contributed by atoms with Gasteiger partial charge in [-0.1, -0.05) is 6.07 Å². The molecule has 1 saturated heterocycles. The van der Waals surface area contributed by atoms with E-state index in [1.54, 1.807) is 17.0 Å². The van der Waals surface area contributed by atoms with E-state index in [1.807, 2.05) is 24.8 Å². The van der Waals surface area contributed by atoms with Crippen molar-refractivity contribution in [2.75, 3.05) is 32.8 Å². The number of fused-ring (bicyclic) bond motifs is 1. The predicted molar refractivity (Wildman–Crippen MR) is 98.4 cm³/mol. The fourth-order valence-corrected chi connectivity index (χ4v) is 4.77. The van der Waals surface area contributed by atoms with Crippen LogP contribution < -0.4 is 4.72 Å². The molecule has 0 spiro atoms. The van der Waals surface area contributed by atoms with Crippen molar-refractivity contribution in [1.29, 1.82) is 0 Å². The van der Waals surface area contributed by atoms with Gasteiger partial charge in [0.15, 0.2) is 0 Å². The van der Waals surface area contributed by atoms with Gasteiger partial charge in [-0.25, -0.2) is 17.9 Å². The third-order valence-corrected chi connectivity index (χ3v) is 6.57. The molecule has 1 atom stereocenters. The van der Waals surface area contributed by atoms with Crippen LogP contribution in [0.25, 0.3) is 0 Å². The molecule has 1 fully saturated rings. The number of carbonyl (C=O) groups excluding carboxylic acids is 1. The van der Waals surface area contributed by atoms with Crippen LogP contribution in [0, 0.1) is 0 Å². The van der Waals surface area contributed by atoms with E-state index >= 15 is 0 Å². The number of amides is 2. The number of nitrogens with one attached hydrogen (secondary N) is 1. The highest BCUT2D eigenvalue weighted by molar-refractivity contribution is 7.89. The van der Waals surface area contributed by atoms with Gasteiger partial charge in [-0.3, -0.25) is 0 Å². The number of carbonyl (C=O) groups is 1. The molecule has 0 bridgehead atoms. The van der Waals surface area contributed by atoms with E-state index in [-0.39, 0.29) is 17.0 Å². The first-order chi connectivity index (χ1) is 12.4. The zero-order chi connectivity index (χ0) is 18.7. The van der Waals surface area contributed by atoms with Crippen molar-refractivity contribution in [2.45, 2.75) is 44.2 Å². The molecule has 3 rings (SSSR count). The second-order valence-electron chi connectivity index (χ2n) is 6.74. The van der Waals surface area contributed by atoms with Crippen LogP contribution in [0.3, 0.4) is 0 Å². The lowest BCUT2D eigenvalue weighted by Crippen LogP contribution is -2.45. The molecule has 7 nitrogen and oxygen atoms in total. The van der Waals surface area contributed by atoms with Crippen LogP contribution in [0.1, 0.15) is 31.4 Å². The monoisotopic (exact) mass is 381 g/mol. The largest absolute Gasteiger partial charge is 0.380 e. The molecular formula is C18H27N3O4S. The average molecular weight is 381 g/mol. The molecule has 2 aliphatic heterocycles. The summed E-state index contributed by atoms with van der Waals surface area (Å²) in [5.74, 6) is 0. The van der Waals surface area contributed by atoms with Gasteiger partial charge in [-0.15, -0.1) is 0 Å². The zero-order valence-electron chi connectivity index (χ0n) is 15.4. The predicted octanol–water partition coefficient (Wildman–Crippen LogP) is 1.57. The highest BCUT2D eigenvalue weighted by Crippen LogP contribution is 2.24. The maximum absolute atomic E-state index is 12.6. The number of sulfonamides is 1. The number of nitrogens with zero attached hydrogens (tertiary/aromatic N) is 2. The van der Waals surface area contributed by atoms with Crippen molar-refractivity contribution in [3.63, 3.8) is 0 Å². The van der Waals surface area contributed by atoms with E-state index in [0.717, 1.165) is 11.1 Å². The maximum atomic E-state index is 12.6. The fourth-order valence-electron chi connectivity index (χ4n) is 3.47. The first-order valence-corrected chi connectivity index (χ1v) is 10.7. The van der Waals surface area contributed by atoms with E-state index in [4.69, 9.17) is 4.74 Å². The Morgan fingerprint density at radius 3 is 2.73 bits per heavy atom. The van der Waals surface area contributed by atoms with E-state index < -0.39 is 10.0 Å². The third kappa shape index (κ3) is 4.02. The van der Waals surface area contributed by atoms with Gasteiger partial charge in [0.25, 0.3) is 0 Å². The molecule has 0 saturated carbocycles. The summed E-state index contributed by atoms with van der Waals surface area (Å²) in [6.45, 7) is 7.46. The van der Waals surface area contributed by atoms with Crippen molar-refractivity contribution in [1.82, 2.24) is 14.5 Å². The van der Waals surface area contributed by atoms with Gasteiger partial charge in [-0.05, 0) is 49.9 Å². The summed E-state index contributed by atoms with van der Waals surface area (Å²) in [6, 6.07) is 5.09. The van der Waals surface area contributed by atoms with Gasteiger partial charge >= 0.3 is 6.03 Å². The first-order valence-electron chi connectivity index (χ1n) is 9.20. The van der Waals surface area contributed by atoms with Crippen LogP contribution >= 0.6 is 0 Å². The van der Waals surface area contributed by atoms with Gasteiger partial charge < -0.3 is 14.5 Å². The summed E-state index contributed by atoms with van der Waals surface area (Å²) < 4.78 is 33.1. The molecule has 8 heteroatoms. The van der Waals surface area contributed by atoms with Crippen molar-refractivity contribution < 1.29 is 17.9 Å². The zero-order valence-corrected chi connectivity index (χ0v) is 16.2. The molecule has 26 heavy (non-hydrogen) atoms. The van der Waals surface area contributed by atoms with Crippen molar-refractivity contribution in [3.8, 4) is 0 Å². The quantitative estimate of drug-likeness (QED) is 0.840. The number of hydrogen-bond acceptors (Lipinski definition) is 4. The first kappa shape index (κ1) is 19.1. The number of rotatable bonds is 5. The minimum absolute atomic E-state index is 0.0419. The Balaban J connectivity index is 1.73. The molecule has 144 valence electrons. The summed E-state index contributed by atoms with van der Waals surface area (Å²) in [7, 11) is -3.55. The minimum Gasteiger partial charge on any atom is -0.380 e. The van der Waals surface area contributed by atoms with Crippen LogP contribution in [-0.2, 0) is 27.7 Å². The normalized spacial score (nSPS) is 20.1. The SMILES string of the molecule is CCN(CC)C(=O)N1CCc2cc(S(=O)(=O)NC3CCOC3)ccc2C1. The second-order valence-corrected chi connectivity index (χ2v) is 8.45. The highest BCUT2D eigenvalue weighted by atomic mass is 32.2. The van der Waals surface area contributed by atoms with Crippen LogP contribution in [0.4, 0.5) is 4.79 Å². The summed E-state index contributed by atoms with van der Waals surface area (Å²) in [5, 5.41) is 0. The van der Waals surface area contributed by atoms with Gasteiger partial charge in [0, 0.05) is 38.8 Å². The molecule has 2 aliphatic rings. The van der Waals surface area contributed by atoms with Gasteiger partial charge in [-0.2, -0.15) is 0 Å². The smallest absolute Gasteiger partial charge is 0.320 e. The summed E-state index contributed by atoms with van der Waals surface area (Å²) >= 11 is 0. The second kappa shape index (κ2) is 7.94. The van der Waals surface area contributed by atoms with E-state index in [1.165, 1.54) is 0 Å². The summed E-state index contributed by atoms with van der Waals surface area (Å²) in [5.41, 5.74) is 2.01. The number of urea groups is 1. The molecular weight excluding hydrogens is 354 g/mol. The van der Waals surface area contributed by atoms with Gasteiger partial charge in [0.1, 0.15) is 0 Å². The summed E-state index contributed by atoms with van der Waals surface area (Å²) in [6.07, 6.45) is 1.37. The molecule has 0 aliphatic carbocycles. The Bertz CT molecular complexity index is 756. The molecule has 0 radical (unpaired) electrons. The lowest BCUT2D eigenvalue weighted by atomic mass is 10.0. The Hall–Kier alpha value is -1.64. The van der Waals surface area contributed by atoms with E-state index in [0.29, 0.717) is 52.2 Å². The van der Waals surface area contributed by atoms with E-state index in [2.05, 4.69) is 4.72 Å². The minimum atomic E-state index is -3.55. The van der Waals surface area contributed by atoms with Crippen molar-refractivity contribution in [3.05, 3.63) is 29.3 Å². The number of hydrogen-bond donors (Lipinski definition) is 1. The topological polar surface area (TPSA) is 79.0 Å². The molecule has 1 N–H and O–H groups in total. The Kier molecular flexibility index (Phi) is 5.84. The molecule has 2 heterocycles. The lowest BCUT2D eigenvalue weighted by molar-refractivity contribution is 0.152. The lowest BCUT2D eigenvalue weighted by Gasteiger charge is -2.33. The standard InChI is InChI=1S/C18H27N3O4S/c1-3-20(4-2)18(22)21-9-7-14-11-17(6-5-15(14)12-21)26(23,24)19-16-8-10-25-13-16/h5-6,11,16,19H,3-4,7-10,12-13H2,1-2H3. The van der Waals surface area contributed by atoms with Crippen LogP contribution in [0.2, 0.25) is 0 Å². The average Bonchev–Trinajstić information content (AvgIpc) is 3.14. The Morgan fingerprint density at radius 2 is 2.08 bits per heavy atom. The van der Waals surface area contributed by atoms with Gasteiger partial charge in [0.2, 0.25) is 10.0 Å². The summed E-state index contributed by atoms with van der Waals surface area (Å²) in [4.78, 5) is 16.4. The molecule has 2 amide bonds. The molecule has 1 unspecified atom stereocenters. The molecule has 1 aromatic rings. The molecule has 1 aromatic carbocycles. The fraction of sp³-hybridized carbons (Fsp3) is 0.611. The van der Waals surface area contributed by atoms with Gasteiger partial charge in [0.05, 0.1) is 11.5 Å². The Morgan fingerprint density at radius 1 is 1.31 bits per heavy atom. The van der Waals surface area contributed by atoms with Crippen LogP contribution in [-0.4, -0.2) is 63.1 Å². The number of ether oxygens (including phenoxy) is 1. The highest BCUT2D eigenvalue weighted by Gasteiger charge is 2.27. The third-order valence-electron chi connectivity index (χ3n) is 5.06. The van der Waals surface area contributed by atoms with Crippen LogP contribution in [0.15, 0.2) is 23.1 Å². The molecule has 0 aromatic heterocycles.